The second-order valence-corrected chi connectivity index (χ2v) is 5.64. The van der Waals surface area contributed by atoms with Crippen molar-refractivity contribution >= 4 is 22.7 Å². The maximum Gasteiger partial charge on any atom is 0.251 e. The van der Waals surface area contributed by atoms with Gasteiger partial charge >= 0.3 is 0 Å². The molecule has 0 aliphatic rings. The van der Waals surface area contributed by atoms with E-state index in [4.69, 9.17) is 0 Å². The van der Waals surface area contributed by atoms with Crippen LogP contribution < -0.4 is 5.56 Å². The fraction of sp³-hybridized carbons (Fsp3) is 0.188. The number of fused-ring (bicyclic) bond motifs is 1. The number of nitrogens with one attached hydrogen (secondary N) is 1. The van der Waals surface area contributed by atoms with Crippen molar-refractivity contribution in [3.63, 3.8) is 0 Å². The van der Waals surface area contributed by atoms with E-state index < -0.39 is 0 Å². The molecule has 0 radical (unpaired) electrons. The number of H-pyrrole nitrogens is 1. The second kappa shape index (κ2) is 6.10. The highest BCUT2D eigenvalue weighted by molar-refractivity contribution is 7.98. The lowest BCUT2D eigenvalue weighted by Gasteiger charge is -2.05. The zero-order chi connectivity index (χ0) is 14.7. The molecule has 1 aromatic carbocycles. The molecule has 0 bridgehead atoms. The molecular weight excluding hydrogens is 282 g/mol. The Morgan fingerprint density at radius 3 is 2.95 bits per heavy atom. The summed E-state index contributed by atoms with van der Waals surface area (Å²) in [6.45, 7) is 1.99. The van der Waals surface area contributed by atoms with Gasteiger partial charge in [0, 0.05) is 29.1 Å². The van der Waals surface area contributed by atoms with Crippen molar-refractivity contribution in [1.82, 2.24) is 15.0 Å². The van der Waals surface area contributed by atoms with Crippen LogP contribution in [0.4, 0.5) is 0 Å². The van der Waals surface area contributed by atoms with Gasteiger partial charge in [0.1, 0.15) is 0 Å². The lowest BCUT2D eigenvalue weighted by Crippen LogP contribution is -2.09. The number of nitrogens with zero attached hydrogens (tertiary/aromatic N) is 2. The van der Waals surface area contributed by atoms with Gasteiger partial charge in [-0.15, -0.1) is 0 Å². The molecule has 4 nitrogen and oxygen atoms in total. The van der Waals surface area contributed by atoms with Gasteiger partial charge in [-0.3, -0.25) is 9.78 Å². The van der Waals surface area contributed by atoms with Crippen LogP contribution >= 0.6 is 11.8 Å². The SMILES string of the molecule is CCc1cc(=O)[nH]c(SCc2cccc3cccnc23)n1. The molecule has 0 saturated heterocycles. The average molecular weight is 297 g/mol. The summed E-state index contributed by atoms with van der Waals surface area (Å²) in [5.41, 5.74) is 2.86. The molecule has 2 aromatic heterocycles. The first-order valence-electron chi connectivity index (χ1n) is 6.82. The number of aromatic amines is 1. The highest BCUT2D eigenvalue weighted by Gasteiger charge is 2.05. The number of pyridine rings is 1. The van der Waals surface area contributed by atoms with Gasteiger partial charge in [0.2, 0.25) is 0 Å². The summed E-state index contributed by atoms with van der Waals surface area (Å²) in [7, 11) is 0. The Morgan fingerprint density at radius 2 is 2.10 bits per heavy atom. The number of aromatic nitrogens is 3. The zero-order valence-corrected chi connectivity index (χ0v) is 12.5. The van der Waals surface area contributed by atoms with Crippen LogP contribution in [0.25, 0.3) is 10.9 Å². The highest BCUT2D eigenvalue weighted by atomic mass is 32.2. The van der Waals surface area contributed by atoms with E-state index in [9.17, 15) is 4.79 Å². The van der Waals surface area contributed by atoms with E-state index in [-0.39, 0.29) is 5.56 Å². The average Bonchev–Trinajstić information content (AvgIpc) is 2.52. The molecule has 0 aliphatic carbocycles. The van der Waals surface area contributed by atoms with E-state index in [0.717, 1.165) is 34.3 Å². The van der Waals surface area contributed by atoms with E-state index in [1.165, 1.54) is 11.8 Å². The van der Waals surface area contributed by atoms with Gasteiger partial charge in [0.15, 0.2) is 5.16 Å². The minimum absolute atomic E-state index is 0.0969. The third-order valence-corrected chi connectivity index (χ3v) is 4.14. The Balaban J connectivity index is 1.87. The summed E-state index contributed by atoms with van der Waals surface area (Å²) in [6.07, 6.45) is 2.56. The maximum atomic E-state index is 11.6. The lowest BCUT2D eigenvalue weighted by molar-refractivity contribution is 0.868. The van der Waals surface area contributed by atoms with E-state index in [1.54, 1.807) is 12.3 Å². The van der Waals surface area contributed by atoms with Gasteiger partial charge in [-0.2, -0.15) is 0 Å². The van der Waals surface area contributed by atoms with Crippen molar-refractivity contribution in [2.45, 2.75) is 24.3 Å². The lowest BCUT2D eigenvalue weighted by atomic mass is 10.1. The molecule has 0 aliphatic heterocycles. The number of para-hydroxylation sites is 1. The molecule has 0 saturated carbocycles. The van der Waals surface area contributed by atoms with E-state index in [0.29, 0.717) is 5.16 Å². The van der Waals surface area contributed by atoms with E-state index in [2.05, 4.69) is 21.0 Å². The smallest absolute Gasteiger partial charge is 0.251 e. The molecule has 21 heavy (non-hydrogen) atoms. The third kappa shape index (κ3) is 3.13. The van der Waals surface area contributed by atoms with Crippen LogP contribution in [-0.2, 0) is 12.2 Å². The second-order valence-electron chi connectivity index (χ2n) is 4.68. The molecule has 2 heterocycles. The maximum absolute atomic E-state index is 11.6. The van der Waals surface area contributed by atoms with Crippen molar-refractivity contribution < 1.29 is 0 Å². The zero-order valence-electron chi connectivity index (χ0n) is 11.7. The van der Waals surface area contributed by atoms with Crippen LogP contribution in [0.5, 0.6) is 0 Å². The van der Waals surface area contributed by atoms with Crippen molar-refractivity contribution in [3.05, 3.63) is 64.2 Å². The Morgan fingerprint density at radius 1 is 1.24 bits per heavy atom. The fourth-order valence-corrected chi connectivity index (χ4v) is 3.04. The van der Waals surface area contributed by atoms with Gasteiger partial charge in [0.25, 0.3) is 5.56 Å². The molecule has 0 spiro atoms. The molecule has 0 fully saturated rings. The Hall–Kier alpha value is -2.14. The predicted molar refractivity (Wildman–Crippen MR) is 85.5 cm³/mol. The molecule has 3 aromatic rings. The monoisotopic (exact) mass is 297 g/mol. The van der Waals surface area contributed by atoms with Gasteiger partial charge < -0.3 is 4.98 Å². The van der Waals surface area contributed by atoms with Crippen molar-refractivity contribution in [3.8, 4) is 0 Å². The van der Waals surface area contributed by atoms with Gasteiger partial charge in [0.05, 0.1) is 5.52 Å². The van der Waals surface area contributed by atoms with Crippen LogP contribution in [0.3, 0.4) is 0 Å². The molecule has 3 rings (SSSR count). The molecule has 5 heteroatoms. The highest BCUT2D eigenvalue weighted by Crippen LogP contribution is 2.23. The first-order valence-corrected chi connectivity index (χ1v) is 7.80. The summed E-state index contributed by atoms with van der Waals surface area (Å²) in [6, 6.07) is 11.7. The minimum atomic E-state index is -0.0969. The number of hydrogen-bond donors (Lipinski definition) is 1. The number of hydrogen-bond acceptors (Lipinski definition) is 4. The summed E-state index contributed by atoms with van der Waals surface area (Å²) >= 11 is 1.53. The van der Waals surface area contributed by atoms with Gasteiger partial charge in [-0.05, 0) is 18.1 Å². The standard InChI is InChI=1S/C16H15N3OS/c1-2-13-9-14(20)19-16(18-13)21-10-12-6-3-5-11-7-4-8-17-15(11)12/h3-9H,2,10H2,1H3,(H,18,19,20). The van der Waals surface area contributed by atoms with Crippen LogP contribution in [0.15, 0.2) is 52.5 Å². The normalized spacial score (nSPS) is 10.9. The first-order chi connectivity index (χ1) is 10.3. The largest absolute Gasteiger partial charge is 0.301 e. The van der Waals surface area contributed by atoms with Crippen LogP contribution in [-0.4, -0.2) is 15.0 Å². The van der Waals surface area contributed by atoms with Crippen molar-refractivity contribution in [1.29, 1.82) is 0 Å². The van der Waals surface area contributed by atoms with Gasteiger partial charge in [-0.25, -0.2) is 4.98 Å². The van der Waals surface area contributed by atoms with Crippen LogP contribution in [0.2, 0.25) is 0 Å². The summed E-state index contributed by atoms with van der Waals surface area (Å²) in [5.74, 6) is 0.727. The number of rotatable bonds is 4. The molecule has 0 atom stereocenters. The molecule has 0 unspecified atom stereocenters. The Kier molecular flexibility index (Phi) is 4.01. The molecule has 106 valence electrons. The van der Waals surface area contributed by atoms with Crippen LogP contribution in [0.1, 0.15) is 18.2 Å². The fourth-order valence-electron chi connectivity index (χ4n) is 2.16. The summed E-state index contributed by atoms with van der Waals surface area (Å²) < 4.78 is 0. The number of aryl methyl sites for hydroxylation is 1. The van der Waals surface area contributed by atoms with Crippen molar-refractivity contribution in [2.24, 2.45) is 0 Å². The summed E-state index contributed by atoms with van der Waals surface area (Å²) in [5, 5.41) is 1.78. The minimum Gasteiger partial charge on any atom is -0.301 e. The first kappa shape index (κ1) is 13.8. The quantitative estimate of drug-likeness (QED) is 0.593. The van der Waals surface area contributed by atoms with Crippen molar-refractivity contribution in [2.75, 3.05) is 0 Å². The molecule has 1 N–H and O–H groups in total. The topological polar surface area (TPSA) is 58.6 Å². The van der Waals surface area contributed by atoms with Gasteiger partial charge in [-0.1, -0.05) is 43.0 Å². The number of benzene rings is 1. The molecule has 0 amide bonds. The third-order valence-electron chi connectivity index (χ3n) is 3.22. The molecular formula is C16H15N3OS. The van der Waals surface area contributed by atoms with E-state index >= 15 is 0 Å². The number of thioether (sulfide) groups is 1. The predicted octanol–water partition coefficient (Wildman–Crippen LogP) is 3.17. The summed E-state index contributed by atoms with van der Waals surface area (Å²) in [4.78, 5) is 23.2. The van der Waals surface area contributed by atoms with Crippen LogP contribution in [0, 0.1) is 0 Å². The Bertz CT molecular complexity index is 824. The van der Waals surface area contributed by atoms with E-state index in [1.807, 2.05) is 31.2 Å². The Labute approximate surface area is 126 Å².